The number of hydrogen-bond acceptors (Lipinski definition) is 14. The van der Waals surface area contributed by atoms with Gasteiger partial charge in [0.25, 0.3) is 0 Å². The van der Waals surface area contributed by atoms with Gasteiger partial charge in [0.15, 0.2) is 69.9 Å². The van der Waals surface area contributed by atoms with E-state index in [9.17, 15) is 5.26 Å². The first-order valence-electron chi connectivity index (χ1n) is 36.6. The van der Waals surface area contributed by atoms with E-state index in [4.69, 9.17) is 64.8 Å². The molecule has 0 aliphatic carbocycles. The topological polar surface area (TPSA) is 201 Å². The van der Waals surface area contributed by atoms with Gasteiger partial charge in [0.1, 0.15) is 11.6 Å². The van der Waals surface area contributed by atoms with Crippen LogP contribution in [0.5, 0.6) is 0 Å². The van der Waals surface area contributed by atoms with Gasteiger partial charge >= 0.3 is 0 Å². The summed E-state index contributed by atoms with van der Waals surface area (Å²) in [6.07, 6.45) is 3.63. The van der Waals surface area contributed by atoms with Crippen molar-refractivity contribution in [2.45, 2.75) is 0 Å². The third-order valence-electron chi connectivity index (χ3n) is 20.0. The Labute approximate surface area is 641 Å². The van der Waals surface area contributed by atoms with Gasteiger partial charge in [-0.2, -0.15) is 5.26 Å². The van der Waals surface area contributed by atoms with Gasteiger partial charge in [-0.05, 0) is 96.6 Å². The zero-order valence-corrected chi connectivity index (χ0v) is 59.6. The second kappa shape index (κ2) is 28.1. The lowest BCUT2D eigenvalue weighted by molar-refractivity contribution is 1.07. The normalized spacial score (nSPS) is 11.4. The van der Waals surface area contributed by atoms with E-state index in [2.05, 4.69) is 100 Å². The summed E-state index contributed by atoms with van der Waals surface area (Å²) in [6, 6.07) is 116. The lowest BCUT2D eigenvalue weighted by Crippen LogP contribution is -2.05. The van der Waals surface area contributed by atoms with Gasteiger partial charge in [-0.25, -0.2) is 59.8 Å². The van der Waals surface area contributed by atoms with E-state index < -0.39 is 0 Å². The van der Waals surface area contributed by atoms with E-state index in [1.807, 2.05) is 261 Å². The summed E-state index contributed by atoms with van der Waals surface area (Å²) in [5.41, 5.74) is 16.2. The van der Waals surface area contributed by atoms with E-state index >= 15 is 0 Å². The molecule has 0 saturated carbocycles. The van der Waals surface area contributed by atoms with Crippen LogP contribution >= 0.6 is 0 Å². The number of nitriles is 1. The Hall–Kier alpha value is -15.9. The minimum atomic E-state index is 0.386. The molecule has 112 heavy (non-hydrogen) atoms. The van der Waals surface area contributed by atoms with Gasteiger partial charge < -0.3 is 9.13 Å². The van der Waals surface area contributed by atoms with Crippen molar-refractivity contribution in [1.82, 2.24) is 73.9 Å². The highest BCUT2D eigenvalue weighted by atomic mass is 15.1. The molecule has 0 bridgehead atoms. The van der Waals surface area contributed by atoms with E-state index in [1.54, 1.807) is 6.20 Å². The Morgan fingerprint density at radius 2 is 0.402 bits per heavy atom. The Balaban J connectivity index is 0.848. The van der Waals surface area contributed by atoms with Crippen molar-refractivity contribution in [3.8, 4) is 165 Å². The first kappa shape index (κ1) is 65.6. The van der Waals surface area contributed by atoms with Gasteiger partial charge in [-0.15, -0.1) is 0 Å². The Kier molecular flexibility index (Phi) is 16.5. The molecule has 0 aliphatic rings. The summed E-state index contributed by atoms with van der Waals surface area (Å²) in [5.74, 6) is 6.17. The maximum atomic E-state index is 12.5. The molecule has 0 aliphatic heterocycles. The van der Waals surface area contributed by atoms with E-state index in [-0.39, 0.29) is 0 Å². The average molecular weight is 1440 g/mol. The second-order valence-electron chi connectivity index (χ2n) is 27.0. The number of hydrogen-bond donors (Lipinski definition) is 0. The quantitative estimate of drug-likeness (QED) is 0.0938. The van der Waals surface area contributed by atoms with Crippen LogP contribution < -0.4 is 0 Å². The SMILES string of the molecule is N#Cc1c(-n2c3ccc(-c4nc(-c5ccccc5)nc(-c5ccccc5)n4)cc3c3cc(-c4nc(-c5ccccc5)nc(-c5ccccc5)n4)ccc32)cc(-c2cccnc2)cc1-n1c2ccc(-c3nc(-c4ccccc4)nc(-c4ccccc4)n3)cc2c2cc(-c3nc(-c4ccccc4)nc(-c4ccccc4)n3)ccc21. The maximum absolute atomic E-state index is 12.5. The maximum Gasteiger partial charge on any atom is 0.164 e. The zero-order valence-electron chi connectivity index (χ0n) is 59.6. The summed E-state index contributed by atoms with van der Waals surface area (Å²) in [5, 5.41) is 15.9. The van der Waals surface area contributed by atoms with E-state index in [0.29, 0.717) is 86.8 Å². The second-order valence-corrected chi connectivity index (χ2v) is 27.0. The molecule has 16 heteroatoms. The lowest BCUT2D eigenvalue weighted by Gasteiger charge is -2.18. The molecular formula is C96H58N16. The van der Waals surface area contributed by atoms with Gasteiger partial charge in [-0.3, -0.25) is 4.98 Å². The third-order valence-corrected chi connectivity index (χ3v) is 20.0. The smallest absolute Gasteiger partial charge is 0.164 e. The molecule has 0 unspecified atom stereocenters. The van der Waals surface area contributed by atoms with Crippen molar-refractivity contribution in [3.63, 3.8) is 0 Å². The molecular weight excluding hydrogens is 1380 g/mol. The number of nitrogens with zero attached hydrogens (tertiary/aromatic N) is 16. The summed E-state index contributed by atoms with van der Waals surface area (Å²) < 4.78 is 4.40. The van der Waals surface area contributed by atoms with Gasteiger partial charge in [0, 0.05) is 106 Å². The van der Waals surface area contributed by atoms with Crippen LogP contribution in [-0.2, 0) is 0 Å². The Morgan fingerprint density at radius 1 is 0.196 bits per heavy atom. The predicted molar refractivity (Wildman–Crippen MR) is 442 cm³/mol. The first-order chi connectivity index (χ1) is 55.4. The Bertz CT molecular complexity index is 6040. The molecule has 0 radical (unpaired) electrons. The molecule has 7 aromatic heterocycles. The van der Waals surface area contributed by atoms with Crippen LogP contribution in [0.2, 0.25) is 0 Å². The van der Waals surface area contributed by atoms with Crippen LogP contribution in [0.3, 0.4) is 0 Å². The van der Waals surface area contributed by atoms with Crippen LogP contribution in [0.4, 0.5) is 0 Å². The fourth-order valence-electron chi connectivity index (χ4n) is 14.7. The molecule has 0 fully saturated rings. The van der Waals surface area contributed by atoms with Crippen molar-refractivity contribution < 1.29 is 0 Å². The standard InChI is InChI=1S/C96H58N16/c97-58-78-83(111-79-47-43-68(93-103-85(60-26-9-1-10-27-60)99-86(104-93)61-28-11-2-12-29-61)52-74(79)75-53-69(44-48-80(75)111)94-105-87(62-30-13-3-14-31-62)100-88(106-94)63-32-15-4-16-33-63)56-73(72-42-25-51-98-59-72)57-84(78)112-81-49-45-70(95-107-89(64-34-17-5-18-35-64)101-90(108-95)65-36-19-6-20-37-65)54-76(81)77-55-71(46-50-82(77)112)96-109-91(66-38-21-7-22-39-66)102-92(110-96)67-40-23-8-24-41-67/h1-57,59H. The molecule has 0 amide bonds. The number of fused-ring (bicyclic) bond motifs is 6. The first-order valence-corrected chi connectivity index (χ1v) is 36.6. The Morgan fingerprint density at radius 3 is 0.598 bits per heavy atom. The van der Waals surface area contributed by atoms with Crippen molar-refractivity contribution >= 4 is 43.6 Å². The van der Waals surface area contributed by atoms with Crippen molar-refractivity contribution in [3.05, 3.63) is 358 Å². The minimum absolute atomic E-state index is 0.386. The molecule has 16 nitrogen and oxygen atoms in total. The average Bonchev–Trinajstić information content (AvgIpc) is 1.55. The van der Waals surface area contributed by atoms with Crippen LogP contribution in [0, 0.1) is 11.3 Å². The van der Waals surface area contributed by atoms with E-state index in [1.165, 1.54) is 0 Å². The van der Waals surface area contributed by atoms with Gasteiger partial charge in [-0.1, -0.05) is 249 Å². The molecule has 7 heterocycles. The summed E-state index contributed by atoms with van der Waals surface area (Å²) in [6.45, 7) is 0. The fourth-order valence-corrected chi connectivity index (χ4v) is 14.7. The summed E-state index contributed by atoms with van der Waals surface area (Å²) >= 11 is 0. The molecule has 20 rings (SSSR count). The molecule has 0 N–H and O–H groups in total. The number of aromatic nitrogens is 15. The summed E-state index contributed by atoms with van der Waals surface area (Å²) in [4.78, 5) is 66.9. The van der Waals surface area contributed by atoms with Crippen molar-refractivity contribution in [1.29, 1.82) is 5.26 Å². The zero-order chi connectivity index (χ0) is 74.4. The molecule has 522 valence electrons. The fraction of sp³-hybridized carbons (Fsp3) is 0. The van der Waals surface area contributed by atoms with E-state index in [0.717, 1.165) is 122 Å². The minimum Gasteiger partial charge on any atom is -0.308 e. The highest BCUT2D eigenvalue weighted by molar-refractivity contribution is 6.14. The molecule has 0 spiro atoms. The molecule has 0 atom stereocenters. The van der Waals surface area contributed by atoms with Crippen LogP contribution in [-0.4, -0.2) is 73.9 Å². The van der Waals surface area contributed by atoms with Crippen molar-refractivity contribution in [2.24, 2.45) is 0 Å². The number of benzene rings is 13. The van der Waals surface area contributed by atoms with Crippen LogP contribution in [0.15, 0.2) is 352 Å². The van der Waals surface area contributed by atoms with Gasteiger partial charge in [0.05, 0.1) is 33.4 Å². The lowest BCUT2D eigenvalue weighted by atomic mass is 10.0. The molecule has 20 aromatic rings. The highest BCUT2D eigenvalue weighted by Gasteiger charge is 2.27. The number of pyridine rings is 1. The number of rotatable bonds is 15. The van der Waals surface area contributed by atoms with Crippen LogP contribution in [0.1, 0.15) is 5.56 Å². The van der Waals surface area contributed by atoms with Crippen molar-refractivity contribution in [2.75, 3.05) is 0 Å². The molecule has 0 saturated heterocycles. The predicted octanol–water partition coefficient (Wildman–Crippen LogP) is 21.6. The molecule has 13 aromatic carbocycles. The van der Waals surface area contributed by atoms with Gasteiger partial charge in [0.2, 0.25) is 0 Å². The summed E-state index contributed by atoms with van der Waals surface area (Å²) in [7, 11) is 0. The van der Waals surface area contributed by atoms with Crippen LogP contribution in [0.25, 0.3) is 203 Å². The monoisotopic (exact) mass is 1430 g/mol. The largest absolute Gasteiger partial charge is 0.308 e. The third kappa shape index (κ3) is 12.3. The highest BCUT2D eigenvalue weighted by Crippen LogP contribution is 2.44.